The van der Waals surface area contributed by atoms with Crippen molar-refractivity contribution in [2.75, 3.05) is 11.9 Å². The summed E-state index contributed by atoms with van der Waals surface area (Å²) in [5.74, 6) is 0.109. The third-order valence-corrected chi connectivity index (χ3v) is 4.15. The van der Waals surface area contributed by atoms with Gasteiger partial charge in [-0.05, 0) is 36.8 Å². The quantitative estimate of drug-likeness (QED) is 0.891. The summed E-state index contributed by atoms with van der Waals surface area (Å²) in [5, 5.41) is 4.05. The number of anilines is 1. The Hall–Kier alpha value is -1.78. The molecule has 106 valence electrons. The maximum absolute atomic E-state index is 12.9. The topological polar surface area (TPSA) is 37.8 Å². The minimum absolute atomic E-state index is 0.330. The van der Waals surface area contributed by atoms with Crippen molar-refractivity contribution in [1.82, 2.24) is 9.97 Å². The molecule has 0 amide bonds. The Morgan fingerprint density at radius 1 is 1.25 bits per heavy atom. The first-order valence-electron chi connectivity index (χ1n) is 6.92. The third-order valence-electron chi connectivity index (χ3n) is 4.15. The first-order valence-corrected chi connectivity index (χ1v) is 6.92. The van der Waals surface area contributed by atoms with Gasteiger partial charge in [0.25, 0.3) is 6.43 Å². The van der Waals surface area contributed by atoms with Gasteiger partial charge in [-0.25, -0.2) is 18.7 Å². The van der Waals surface area contributed by atoms with Crippen LogP contribution in [0.3, 0.4) is 0 Å². The van der Waals surface area contributed by atoms with Crippen LogP contribution in [0.2, 0.25) is 0 Å². The van der Waals surface area contributed by atoms with Gasteiger partial charge in [0.05, 0.1) is 5.52 Å². The lowest BCUT2D eigenvalue weighted by Crippen LogP contribution is -2.16. The molecule has 1 aromatic carbocycles. The van der Waals surface area contributed by atoms with Gasteiger partial charge >= 0.3 is 0 Å². The zero-order valence-electron chi connectivity index (χ0n) is 11.4. The van der Waals surface area contributed by atoms with E-state index in [1.54, 1.807) is 12.1 Å². The fraction of sp³-hybridized carbons (Fsp3) is 0.467. The minimum atomic E-state index is -2.65. The smallest absolute Gasteiger partial charge is 0.297 e. The Balaban J connectivity index is 1.95. The van der Waals surface area contributed by atoms with E-state index in [1.165, 1.54) is 12.8 Å². The summed E-state index contributed by atoms with van der Waals surface area (Å²) in [5.41, 5.74) is 0.887. The van der Waals surface area contributed by atoms with Gasteiger partial charge in [-0.15, -0.1) is 0 Å². The first kappa shape index (κ1) is 13.2. The molecule has 0 bridgehead atoms. The van der Waals surface area contributed by atoms with Crippen molar-refractivity contribution < 1.29 is 8.78 Å². The number of para-hydroxylation sites is 1. The van der Waals surface area contributed by atoms with Gasteiger partial charge in [0.15, 0.2) is 5.82 Å². The van der Waals surface area contributed by atoms with E-state index in [1.807, 2.05) is 12.1 Å². The average molecular weight is 277 g/mol. The third kappa shape index (κ3) is 2.44. The van der Waals surface area contributed by atoms with Gasteiger partial charge in [0.1, 0.15) is 5.82 Å². The zero-order valence-corrected chi connectivity index (χ0v) is 11.4. The van der Waals surface area contributed by atoms with Gasteiger partial charge in [0, 0.05) is 11.9 Å². The first-order chi connectivity index (χ1) is 9.63. The second-order valence-corrected chi connectivity index (χ2v) is 5.46. The summed E-state index contributed by atoms with van der Waals surface area (Å²) in [6, 6.07) is 7.26. The molecule has 0 spiro atoms. The van der Waals surface area contributed by atoms with Crippen molar-refractivity contribution in [1.29, 1.82) is 0 Å². The van der Waals surface area contributed by atoms with Crippen LogP contribution in [0.4, 0.5) is 14.6 Å². The Bertz CT molecular complexity index is 624. The fourth-order valence-electron chi connectivity index (χ4n) is 2.43. The van der Waals surface area contributed by atoms with Gasteiger partial charge in [-0.2, -0.15) is 0 Å². The number of alkyl halides is 2. The lowest BCUT2D eigenvalue weighted by Gasteiger charge is -2.15. The van der Waals surface area contributed by atoms with E-state index in [2.05, 4.69) is 22.2 Å². The highest BCUT2D eigenvalue weighted by Gasteiger charge is 2.40. The zero-order chi connectivity index (χ0) is 14.2. The molecule has 1 fully saturated rings. The predicted octanol–water partition coefficient (Wildman–Crippen LogP) is 4.17. The van der Waals surface area contributed by atoms with E-state index in [0.717, 1.165) is 18.4 Å². The van der Waals surface area contributed by atoms with E-state index in [4.69, 9.17) is 0 Å². The summed E-state index contributed by atoms with van der Waals surface area (Å²) in [7, 11) is 0. The molecular formula is C15H17F2N3. The number of nitrogens with one attached hydrogen (secondary N) is 1. The number of fused-ring (bicyclic) bond motifs is 1. The molecule has 1 aromatic heterocycles. The normalized spacial score (nSPS) is 16.6. The lowest BCUT2D eigenvalue weighted by molar-refractivity contribution is 0.141. The van der Waals surface area contributed by atoms with Crippen molar-refractivity contribution in [3.05, 3.63) is 30.1 Å². The molecule has 3 rings (SSSR count). The summed E-state index contributed by atoms with van der Waals surface area (Å²) in [6.45, 7) is 2.95. The molecule has 1 heterocycles. The summed E-state index contributed by atoms with van der Waals surface area (Å²) < 4.78 is 25.7. The van der Waals surface area contributed by atoms with E-state index >= 15 is 0 Å². The molecule has 20 heavy (non-hydrogen) atoms. The number of hydrogen-bond acceptors (Lipinski definition) is 3. The molecule has 0 aliphatic heterocycles. The Morgan fingerprint density at radius 2 is 2.00 bits per heavy atom. The van der Waals surface area contributed by atoms with Gasteiger partial charge in [-0.3, -0.25) is 0 Å². The van der Waals surface area contributed by atoms with Gasteiger partial charge in [0.2, 0.25) is 0 Å². The molecule has 1 N–H and O–H groups in total. The second-order valence-electron chi connectivity index (χ2n) is 5.46. The maximum atomic E-state index is 12.9. The molecule has 0 atom stereocenters. The molecule has 1 aliphatic carbocycles. The van der Waals surface area contributed by atoms with Crippen LogP contribution in [-0.4, -0.2) is 16.5 Å². The highest BCUT2D eigenvalue weighted by Crippen LogP contribution is 2.48. The highest BCUT2D eigenvalue weighted by molar-refractivity contribution is 5.89. The van der Waals surface area contributed by atoms with E-state index < -0.39 is 12.2 Å². The minimum Gasteiger partial charge on any atom is -0.369 e. The number of hydrogen-bond donors (Lipinski definition) is 1. The standard InChI is InChI=1S/C15H17F2N3/c1-2-15(7-8-15)9-18-13-10-5-3-4-6-11(10)19-14(20-13)12(16)17/h3-6,12H,2,7-9H2,1H3,(H,18,19,20). The molecule has 5 heteroatoms. The van der Waals surface area contributed by atoms with Crippen LogP contribution in [0.25, 0.3) is 10.9 Å². The predicted molar refractivity (Wildman–Crippen MR) is 74.9 cm³/mol. The van der Waals surface area contributed by atoms with Crippen LogP contribution in [0, 0.1) is 5.41 Å². The molecular weight excluding hydrogens is 260 g/mol. The second kappa shape index (κ2) is 4.96. The average Bonchev–Trinajstić information content (AvgIpc) is 3.25. The van der Waals surface area contributed by atoms with Crippen molar-refractivity contribution in [2.24, 2.45) is 5.41 Å². The molecule has 1 aliphatic rings. The van der Waals surface area contributed by atoms with Gasteiger partial charge in [-0.1, -0.05) is 19.1 Å². The van der Waals surface area contributed by atoms with Crippen molar-refractivity contribution in [2.45, 2.75) is 32.6 Å². The maximum Gasteiger partial charge on any atom is 0.297 e. The lowest BCUT2D eigenvalue weighted by atomic mass is 10.0. The monoisotopic (exact) mass is 277 g/mol. The van der Waals surface area contributed by atoms with E-state index in [9.17, 15) is 8.78 Å². The van der Waals surface area contributed by atoms with Crippen molar-refractivity contribution in [3.8, 4) is 0 Å². The molecule has 0 unspecified atom stereocenters. The summed E-state index contributed by atoms with van der Waals surface area (Å²) in [4.78, 5) is 7.91. The molecule has 2 aromatic rings. The van der Waals surface area contributed by atoms with Crippen molar-refractivity contribution >= 4 is 16.7 Å². The van der Waals surface area contributed by atoms with Crippen molar-refractivity contribution in [3.63, 3.8) is 0 Å². The molecule has 1 saturated carbocycles. The largest absolute Gasteiger partial charge is 0.369 e. The molecule has 0 radical (unpaired) electrons. The Morgan fingerprint density at radius 3 is 2.65 bits per heavy atom. The Kier molecular flexibility index (Phi) is 3.28. The van der Waals surface area contributed by atoms with Crippen LogP contribution in [0.5, 0.6) is 0 Å². The molecule has 0 saturated heterocycles. The number of halogens is 2. The SMILES string of the molecule is CCC1(CNc2nc(C(F)F)nc3ccccc23)CC1. The number of benzene rings is 1. The number of nitrogens with zero attached hydrogens (tertiary/aromatic N) is 2. The van der Waals surface area contributed by atoms with Gasteiger partial charge < -0.3 is 5.32 Å². The number of aromatic nitrogens is 2. The van der Waals surface area contributed by atoms with E-state index in [0.29, 0.717) is 16.7 Å². The highest BCUT2D eigenvalue weighted by atomic mass is 19.3. The van der Waals surface area contributed by atoms with Crippen LogP contribution in [0.1, 0.15) is 38.4 Å². The fourth-order valence-corrected chi connectivity index (χ4v) is 2.43. The van der Waals surface area contributed by atoms with Crippen LogP contribution < -0.4 is 5.32 Å². The summed E-state index contributed by atoms with van der Waals surface area (Å²) in [6.07, 6.45) is 0.842. The summed E-state index contributed by atoms with van der Waals surface area (Å²) >= 11 is 0. The van der Waals surface area contributed by atoms with Crippen LogP contribution in [-0.2, 0) is 0 Å². The van der Waals surface area contributed by atoms with E-state index in [-0.39, 0.29) is 0 Å². The van der Waals surface area contributed by atoms with Crippen LogP contribution in [0.15, 0.2) is 24.3 Å². The van der Waals surface area contributed by atoms with Crippen LogP contribution >= 0.6 is 0 Å². The Labute approximate surface area is 116 Å². The number of rotatable bonds is 5. The molecule has 3 nitrogen and oxygen atoms in total.